The van der Waals surface area contributed by atoms with Crippen LogP contribution >= 0.6 is 23.3 Å². The Kier molecular flexibility index (Phi) is 2.23. The molecule has 1 saturated heterocycles. The third kappa shape index (κ3) is 1.39. The van der Waals surface area contributed by atoms with Crippen molar-refractivity contribution in [3.05, 3.63) is 0 Å². The topological polar surface area (TPSA) is 20.2 Å². The van der Waals surface area contributed by atoms with Gasteiger partial charge in [0.25, 0.3) is 0 Å². The molecule has 0 aromatic heterocycles. The molecule has 1 aliphatic heterocycles. The Hall–Kier alpha value is 0.790. The Balaban J connectivity index is 2.40. The monoisotopic (exact) mass is 198 g/mol. The highest BCUT2D eigenvalue weighted by atomic mass is 79.9. The maximum Gasteiger partial charge on any atom is 0.0820 e. The molecule has 0 saturated carbocycles. The third-order valence-electron chi connectivity index (χ3n) is 1.50. The first-order chi connectivity index (χ1) is 3.77. The normalized spacial score (nSPS) is 30.2. The second-order valence-electron chi connectivity index (χ2n) is 2.18. The maximum atomic E-state index is 8.82. The highest BCUT2D eigenvalue weighted by Crippen LogP contribution is 2.59. The van der Waals surface area contributed by atoms with Gasteiger partial charge in [0.2, 0.25) is 0 Å². The number of rotatable bonds is 1. The molecule has 1 N–H and O–H groups in total. The summed E-state index contributed by atoms with van der Waals surface area (Å²) in [4.78, 5) is 0. The van der Waals surface area contributed by atoms with Crippen molar-refractivity contribution in [2.75, 3.05) is 17.4 Å². The molecule has 0 aliphatic carbocycles. The predicted molar refractivity (Wildman–Crippen MR) is 42.6 cm³/mol. The smallest absolute Gasteiger partial charge is 0.0820 e. The summed E-state index contributed by atoms with van der Waals surface area (Å²) in [6.07, 6.45) is 2.61. The van der Waals surface area contributed by atoms with Gasteiger partial charge in [0.15, 0.2) is 0 Å². The Morgan fingerprint density at radius 3 is 2.12 bits per heavy atom. The van der Waals surface area contributed by atoms with E-state index in [0.717, 1.165) is 0 Å². The summed E-state index contributed by atoms with van der Waals surface area (Å²) in [7, 11) is -0.674. The van der Waals surface area contributed by atoms with Crippen molar-refractivity contribution < 1.29 is 5.11 Å². The molecule has 0 aromatic rings. The van der Waals surface area contributed by atoms with Gasteiger partial charge in [-0.25, -0.2) is 0 Å². The molecule has 1 fully saturated rings. The van der Waals surface area contributed by atoms with Gasteiger partial charge in [-0.15, -0.1) is 0 Å². The van der Waals surface area contributed by atoms with Gasteiger partial charge in [0, 0.05) is 0 Å². The van der Waals surface area contributed by atoms with E-state index in [0.29, 0.717) is 5.94 Å². The maximum absolute atomic E-state index is 8.82. The van der Waals surface area contributed by atoms with E-state index in [1.807, 2.05) is 0 Å². The van der Waals surface area contributed by atoms with Crippen molar-refractivity contribution >= 4 is 23.3 Å². The zero-order valence-electron chi connectivity index (χ0n) is 4.77. The lowest BCUT2D eigenvalue weighted by Gasteiger charge is -2.23. The summed E-state index contributed by atoms with van der Waals surface area (Å²) in [5.41, 5.74) is 0. The van der Waals surface area contributed by atoms with Crippen LogP contribution in [0.15, 0.2) is 0 Å². The minimum Gasteiger partial charge on any atom is -0.386 e. The molecule has 1 heterocycles. The minimum atomic E-state index is -0.674. The van der Waals surface area contributed by atoms with Gasteiger partial charge in [-0.1, -0.05) is 0 Å². The number of halogens is 1. The standard InChI is InChI=1S/C5H11BrOS/c6-8(5-7)3-1-2-4-8/h7H,1-5H2. The fourth-order valence-electron chi connectivity index (χ4n) is 0.953. The highest BCUT2D eigenvalue weighted by molar-refractivity contribution is 9.58. The Labute approximate surface area is 59.0 Å². The molecule has 0 aromatic carbocycles. The lowest BCUT2D eigenvalue weighted by molar-refractivity contribution is 0.373. The molecule has 0 bridgehead atoms. The first-order valence-corrected chi connectivity index (χ1v) is 6.82. The van der Waals surface area contributed by atoms with E-state index >= 15 is 0 Å². The highest BCUT2D eigenvalue weighted by Gasteiger charge is 2.23. The third-order valence-corrected chi connectivity index (χ3v) is 6.56. The van der Waals surface area contributed by atoms with Crippen LogP contribution in [-0.4, -0.2) is 22.6 Å². The number of aliphatic hydroxyl groups is 1. The van der Waals surface area contributed by atoms with Crippen molar-refractivity contribution in [2.45, 2.75) is 12.8 Å². The average Bonchev–Trinajstić information content (AvgIpc) is 2.17. The Bertz CT molecular complexity index is 80.5. The van der Waals surface area contributed by atoms with Gasteiger partial charge in [-0.05, 0) is 39.2 Å². The van der Waals surface area contributed by atoms with Gasteiger partial charge in [-0.2, -0.15) is 8.46 Å². The SMILES string of the molecule is OCS1(Br)CCCC1. The van der Waals surface area contributed by atoms with Gasteiger partial charge in [0.05, 0.1) is 5.94 Å². The lowest BCUT2D eigenvalue weighted by atomic mass is 10.4. The van der Waals surface area contributed by atoms with Gasteiger partial charge in [-0.3, -0.25) is 0 Å². The molecule has 0 unspecified atom stereocenters. The second kappa shape index (κ2) is 2.58. The summed E-state index contributed by atoms with van der Waals surface area (Å²) >= 11 is 3.58. The van der Waals surface area contributed by atoms with Crippen LogP contribution in [0.1, 0.15) is 12.8 Å². The second-order valence-corrected chi connectivity index (χ2v) is 9.26. The zero-order valence-corrected chi connectivity index (χ0v) is 7.17. The van der Waals surface area contributed by atoms with E-state index in [4.69, 9.17) is 5.11 Å². The van der Waals surface area contributed by atoms with Crippen molar-refractivity contribution in [3.63, 3.8) is 0 Å². The number of aliphatic hydroxyl groups excluding tert-OH is 1. The van der Waals surface area contributed by atoms with Crippen LogP contribution in [0, 0.1) is 0 Å². The Morgan fingerprint density at radius 1 is 1.38 bits per heavy atom. The molecule has 3 heteroatoms. The first kappa shape index (κ1) is 6.90. The van der Waals surface area contributed by atoms with Gasteiger partial charge >= 0.3 is 0 Å². The minimum absolute atomic E-state index is 0.382. The number of hydrogen-bond donors (Lipinski definition) is 1. The molecule has 50 valence electrons. The molecule has 0 amide bonds. The van der Waals surface area contributed by atoms with Crippen LogP contribution in [0.3, 0.4) is 0 Å². The van der Waals surface area contributed by atoms with Crippen LogP contribution in [-0.2, 0) is 0 Å². The van der Waals surface area contributed by atoms with E-state index in [1.54, 1.807) is 0 Å². The quantitative estimate of drug-likeness (QED) is 0.683. The molecule has 0 spiro atoms. The van der Waals surface area contributed by atoms with Crippen LogP contribution in [0.2, 0.25) is 0 Å². The average molecular weight is 199 g/mol. The molecular weight excluding hydrogens is 188 g/mol. The molecule has 1 aliphatic rings. The molecule has 0 atom stereocenters. The number of hydrogen-bond acceptors (Lipinski definition) is 1. The fourth-order valence-corrected chi connectivity index (χ4v) is 4.23. The summed E-state index contributed by atoms with van der Waals surface area (Å²) in [6, 6.07) is 0. The van der Waals surface area contributed by atoms with Crippen LogP contribution in [0.4, 0.5) is 0 Å². The van der Waals surface area contributed by atoms with Crippen molar-refractivity contribution in [3.8, 4) is 0 Å². The molecular formula is C5H11BrOS. The fraction of sp³-hybridized carbons (Fsp3) is 1.00. The van der Waals surface area contributed by atoms with Crippen molar-refractivity contribution in [1.82, 2.24) is 0 Å². The Morgan fingerprint density at radius 2 is 1.88 bits per heavy atom. The van der Waals surface area contributed by atoms with Crippen LogP contribution in [0.25, 0.3) is 0 Å². The van der Waals surface area contributed by atoms with Gasteiger partial charge < -0.3 is 5.11 Å². The van der Waals surface area contributed by atoms with E-state index in [-0.39, 0.29) is 0 Å². The van der Waals surface area contributed by atoms with Crippen LogP contribution < -0.4 is 0 Å². The largest absolute Gasteiger partial charge is 0.386 e. The van der Waals surface area contributed by atoms with Crippen LogP contribution in [0.5, 0.6) is 0 Å². The molecule has 0 radical (unpaired) electrons. The van der Waals surface area contributed by atoms with E-state index in [9.17, 15) is 0 Å². The summed E-state index contributed by atoms with van der Waals surface area (Å²) in [5, 5.41) is 8.82. The van der Waals surface area contributed by atoms with Crippen molar-refractivity contribution in [1.29, 1.82) is 0 Å². The lowest BCUT2D eigenvalue weighted by Crippen LogP contribution is -1.96. The summed E-state index contributed by atoms with van der Waals surface area (Å²) in [6.45, 7) is 0. The predicted octanol–water partition coefficient (Wildman–Crippen LogP) is 1.84. The van der Waals surface area contributed by atoms with E-state index in [2.05, 4.69) is 14.8 Å². The van der Waals surface area contributed by atoms with Gasteiger partial charge in [0.1, 0.15) is 0 Å². The molecule has 1 nitrogen and oxygen atoms in total. The summed E-state index contributed by atoms with van der Waals surface area (Å²) < 4.78 is 0. The zero-order chi connectivity index (χ0) is 6.04. The van der Waals surface area contributed by atoms with E-state index in [1.165, 1.54) is 24.3 Å². The first-order valence-electron chi connectivity index (χ1n) is 2.84. The van der Waals surface area contributed by atoms with E-state index < -0.39 is 8.46 Å². The molecule has 1 rings (SSSR count). The summed E-state index contributed by atoms with van der Waals surface area (Å²) in [5.74, 6) is 2.83. The van der Waals surface area contributed by atoms with Crippen molar-refractivity contribution in [2.24, 2.45) is 0 Å². The molecule has 8 heavy (non-hydrogen) atoms.